The van der Waals surface area contributed by atoms with Gasteiger partial charge < -0.3 is 14.2 Å². The third kappa shape index (κ3) is 60.7. The molecule has 0 aliphatic heterocycles. The minimum absolute atomic E-state index is 0.0939. The molecule has 0 aliphatic carbocycles. The fraction of sp³-hybridized carbons (Fsp3) is 0.671. The van der Waals surface area contributed by atoms with E-state index in [0.717, 1.165) is 116 Å². The molecule has 76 heavy (non-hydrogen) atoms. The van der Waals surface area contributed by atoms with E-state index in [1.807, 2.05) is 6.08 Å². The lowest BCUT2D eigenvalue weighted by Gasteiger charge is -2.18. The molecule has 0 aromatic rings. The highest BCUT2D eigenvalue weighted by molar-refractivity contribution is 5.72. The van der Waals surface area contributed by atoms with E-state index >= 15 is 0 Å². The fourth-order valence-corrected chi connectivity index (χ4v) is 8.57. The summed E-state index contributed by atoms with van der Waals surface area (Å²) in [6.45, 7) is 6.27. The molecule has 0 radical (unpaired) electrons. The van der Waals surface area contributed by atoms with Gasteiger partial charge in [0, 0.05) is 12.8 Å². The van der Waals surface area contributed by atoms with Crippen LogP contribution in [-0.4, -0.2) is 37.2 Å². The minimum Gasteiger partial charge on any atom is -0.462 e. The first-order chi connectivity index (χ1) is 37.5. The molecule has 0 aromatic heterocycles. The van der Waals surface area contributed by atoms with Gasteiger partial charge in [-0.15, -0.1) is 0 Å². The average Bonchev–Trinajstić information content (AvgIpc) is 3.42. The molecule has 0 spiro atoms. The van der Waals surface area contributed by atoms with Crippen LogP contribution in [0.25, 0.3) is 0 Å². The lowest BCUT2D eigenvalue weighted by atomic mass is 10.0. The molecular formula is C70H116O6. The summed E-state index contributed by atoms with van der Waals surface area (Å²) in [6, 6.07) is 0. The van der Waals surface area contributed by atoms with Gasteiger partial charge in [0.05, 0.1) is 6.42 Å². The van der Waals surface area contributed by atoms with Gasteiger partial charge in [-0.1, -0.05) is 284 Å². The lowest BCUT2D eigenvalue weighted by molar-refractivity contribution is -0.166. The molecule has 0 amide bonds. The summed E-state index contributed by atoms with van der Waals surface area (Å²) in [7, 11) is 0. The molecule has 0 N–H and O–H groups in total. The largest absolute Gasteiger partial charge is 0.462 e. The number of rotatable bonds is 56. The lowest BCUT2D eigenvalue weighted by Crippen LogP contribution is -2.30. The molecule has 0 saturated heterocycles. The van der Waals surface area contributed by atoms with E-state index in [9.17, 15) is 14.4 Å². The average molecular weight is 1050 g/mol. The Bertz CT molecular complexity index is 1590. The molecular weight excluding hydrogens is 937 g/mol. The summed E-state index contributed by atoms with van der Waals surface area (Å²) in [4.78, 5) is 38.0. The molecule has 0 saturated carbocycles. The van der Waals surface area contributed by atoms with Gasteiger partial charge in [0.15, 0.2) is 6.10 Å². The number of carbonyl (C=O) groups is 3. The Morgan fingerprint density at radius 3 is 0.882 bits per heavy atom. The van der Waals surface area contributed by atoms with Gasteiger partial charge in [0.2, 0.25) is 0 Å². The van der Waals surface area contributed by atoms with Crippen LogP contribution in [0.15, 0.2) is 122 Å². The molecule has 0 rings (SSSR count). The molecule has 6 heteroatoms. The summed E-state index contributed by atoms with van der Waals surface area (Å²) in [5.41, 5.74) is 0. The van der Waals surface area contributed by atoms with Crippen LogP contribution in [0, 0.1) is 0 Å². The van der Waals surface area contributed by atoms with Crippen LogP contribution in [-0.2, 0) is 28.6 Å². The van der Waals surface area contributed by atoms with E-state index in [0.29, 0.717) is 12.8 Å². The summed E-state index contributed by atoms with van der Waals surface area (Å²) in [6.07, 6.45) is 88.4. The Morgan fingerprint density at radius 1 is 0.289 bits per heavy atom. The number of hydrogen-bond donors (Lipinski definition) is 0. The van der Waals surface area contributed by atoms with Crippen LogP contribution >= 0.6 is 0 Å². The van der Waals surface area contributed by atoms with Crippen LogP contribution < -0.4 is 0 Å². The first-order valence-electron chi connectivity index (χ1n) is 31.5. The molecule has 0 heterocycles. The van der Waals surface area contributed by atoms with Crippen molar-refractivity contribution in [3.8, 4) is 0 Å². The second-order valence-electron chi connectivity index (χ2n) is 20.6. The van der Waals surface area contributed by atoms with Crippen LogP contribution in [0.1, 0.15) is 284 Å². The summed E-state index contributed by atoms with van der Waals surface area (Å²) in [5, 5.41) is 0. The standard InChI is InChI=1S/C70H116O6/c1-4-7-10-13-16-19-22-24-26-27-28-29-30-31-32-33-34-35-36-37-38-39-40-41-42-43-45-46-48-51-54-57-60-63-69(72)75-66-67(65-74-68(71)62-59-56-53-50-21-18-15-12-9-6-3)76-70(73)64-61-58-55-52-49-47-44-25-23-20-17-14-11-8-5-2/h7-8,10-12,15-17,19-20,24-26,28-29,44,49,52,58,61,67H,4-6,9,13-14,18,21-23,27,30-43,45-48,50-51,53-57,59-60,62-66H2,1-3H3/b10-7-,11-8-,15-12-,19-16-,20-17-,26-24-,29-28-,44-25-,52-49-,61-58-. The monoisotopic (exact) mass is 1050 g/mol. The predicted octanol–water partition coefficient (Wildman–Crippen LogP) is 21.6. The second-order valence-corrected chi connectivity index (χ2v) is 20.6. The summed E-state index contributed by atoms with van der Waals surface area (Å²) < 4.78 is 16.7. The van der Waals surface area contributed by atoms with Gasteiger partial charge in [-0.25, -0.2) is 0 Å². The molecule has 0 bridgehead atoms. The Balaban J connectivity index is 4.14. The van der Waals surface area contributed by atoms with Gasteiger partial charge in [-0.05, 0) is 103 Å². The summed E-state index contributed by atoms with van der Waals surface area (Å²) in [5.74, 6) is -1.06. The molecule has 1 atom stereocenters. The highest BCUT2D eigenvalue weighted by atomic mass is 16.6. The first-order valence-corrected chi connectivity index (χ1v) is 31.5. The zero-order chi connectivity index (χ0) is 55.0. The predicted molar refractivity (Wildman–Crippen MR) is 330 cm³/mol. The molecule has 6 nitrogen and oxygen atoms in total. The first kappa shape index (κ1) is 71.8. The summed E-state index contributed by atoms with van der Waals surface area (Å²) >= 11 is 0. The number of allylic oxidation sites excluding steroid dienone is 19. The molecule has 0 aromatic carbocycles. The third-order valence-electron chi connectivity index (χ3n) is 13.2. The molecule has 0 aliphatic rings. The van der Waals surface area contributed by atoms with Crippen molar-refractivity contribution in [1.29, 1.82) is 0 Å². The third-order valence-corrected chi connectivity index (χ3v) is 13.2. The molecule has 0 fully saturated rings. The highest BCUT2D eigenvalue weighted by Gasteiger charge is 2.19. The second kappa shape index (κ2) is 63.3. The van der Waals surface area contributed by atoms with E-state index in [1.54, 1.807) is 6.08 Å². The van der Waals surface area contributed by atoms with E-state index in [-0.39, 0.29) is 31.6 Å². The van der Waals surface area contributed by atoms with Crippen molar-refractivity contribution in [3.63, 3.8) is 0 Å². The molecule has 1 unspecified atom stereocenters. The SMILES string of the molecule is CC/C=C\C/C=C\C/C=C\C/C=C\C/C=C\CC(=O)OC(COC(=O)CCCCCCC/C=C\CCC)COC(=O)CCCCCCCCCCCCCCCCCCCCCC/C=C\C/C=C\C/C=C\C/C=C\CC. The van der Waals surface area contributed by atoms with Crippen LogP contribution in [0.5, 0.6) is 0 Å². The number of hydrogen-bond acceptors (Lipinski definition) is 6. The van der Waals surface area contributed by atoms with Crippen molar-refractivity contribution < 1.29 is 28.6 Å². The smallest absolute Gasteiger partial charge is 0.310 e. The zero-order valence-corrected chi connectivity index (χ0v) is 49.5. The van der Waals surface area contributed by atoms with Gasteiger partial charge in [0.1, 0.15) is 13.2 Å². The van der Waals surface area contributed by atoms with Gasteiger partial charge in [-0.3, -0.25) is 14.4 Å². The van der Waals surface area contributed by atoms with Gasteiger partial charge >= 0.3 is 17.9 Å². The molecule has 432 valence electrons. The number of esters is 3. The van der Waals surface area contributed by atoms with Gasteiger partial charge in [0.25, 0.3) is 0 Å². The number of unbranched alkanes of at least 4 members (excludes halogenated alkanes) is 26. The fourth-order valence-electron chi connectivity index (χ4n) is 8.57. The van der Waals surface area contributed by atoms with Crippen molar-refractivity contribution in [1.82, 2.24) is 0 Å². The van der Waals surface area contributed by atoms with Gasteiger partial charge in [-0.2, -0.15) is 0 Å². The van der Waals surface area contributed by atoms with E-state index in [2.05, 4.69) is 130 Å². The van der Waals surface area contributed by atoms with Crippen molar-refractivity contribution in [2.45, 2.75) is 290 Å². The Hall–Kier alpha value is -4.19. The van der Waals surface area contributed by atoms with Crippen LogP contribution in [0.2, 0.25) is 0 Å². The minimum atomic E-state index is -0.836. The topological polar surface area (TPSA) is 78.9 Å². The Labute approximate surface area is 469 Å². The Morgan fingerprint density at radius 2 is 0.553 bits per heavy atom. The normalized spacial score (nSPS) is 12.9. The van der Waals surface area contributed by atoms with Crippen molar-refractivity contribution >= 4 is 17.9 Å². The maximum Gasteiger partial charge on any atom is 0.310 e. The zero-order valence-electron chi connectivity index (χ0n) is 49.5. The van der Waals surface area contributed by atoms with E-state index < -0.39 is 12.1 Å². The Kier molecular flexibility index (Phi) is 59.9. The van der Waals surface area contributed by atoms with Crippen molar-refractivity contribution in [2.24, 2.45) is 0 Å². The highest BCUT2D eigenvalue weighted by Crippen LogP contribution is 2.16. The maximum atomic E-state index is 12.8. The quantitative estimate of drug-likeness (QED) is 0.0261. The maximum absolute atomic E-state index is 12.8. The van der Waals surface area contributed by atoms with Crippen LogP contribution in [0.3, 0.4) is 0 Å². The van der Waals surface area contributed by atoms with E-state index in [1.165, 1.54) is 128 Å². The van der Waals surface area contributed by atoms with E-state index in [4.69, 9.17) is 14.2 Å². The number of ether oxygens (including phenoxy) is 3. The van der Waals surface area contributed by atoms with Crippen LogP contribution in [0.4, 0.5) is 0 Å². The number of carbonyl (C=O) groups excluding carboxylic acids is 3. The van der Waals surface area contributed by atoms with Crippen molar-refractivity contribution in [3.05, 3.63) is 122 Å². The van der Waals surface area contributed by atoms with Crippen molar-refractivity contribution in [2.75, 3.05) is 13.2 Å².